The minimum atomic E-state index is -3.48. The second kappa shape index (κ2) is 7.02. The molecule has 3 heteroatoms. The molecule has 0 fully saturated rings. The quantitative estimate of drug-likeness (QED) is 0.253. The van der Waals surface area contributed by atoms with Crippen molar-refractivity contribution in [3.63, 3.8) is 0 Å². The number of fused-ring (bicyclic) bond motifs is 6. The molecule has 3 aromatic heterocycles. The molecular formula is C31H31N2O+. The zero-order valence-electron chi connectivity index (χ0n) is 34.5. The first-order chi connectivity index (χ1) is 22.7. The third-order valence-electron chi connectivity index (χ3n) is 6.62. The first-order valence-electron chi connectivity index (χ1n) is 18.7. The van der Waals surface area contributed by atoms with Crippen molar-refractivity contribution in [2.75, 3.05) is 0 Å². The van der Waals surface area contributed by atoms with Gasteiger partial charge in [-0.25, -0.2) is 9.55 Å². The zero-order chi connectivity index (χ0) is 37.4. The molecule has 34 heavy (non-hydrogen) atoms. The third kappa shape index (κ3) is 2.76. The highest BCUT2D eigenvalue weighted by Crippen LogP contribution is 2.49. The fraction of sp³-hybridized carbons (Fsp3) is 0.290. The molecule has 0 amide bonds. The van der Waals surface area contributed by atoms with Crippen LogP contribution >= 0.6 is 0 Å². The van der Waals surface area contributed by atoms with Crippen molar-refractivity contribution in [1.29, 1.82) is 0 Å². The number of aromatic nitrogens is 2. The van der Waals surface area contributed by atoms with Gasteiger partial charge in [0.25, 0.3) is 0 Å². The van der Waals surface area contributed by atoms with Gasteiger partial charge in [-0.05, 0) is 48.0 Å². The maximum absolute atomic E-state index is 8.88. The Morgan fingerprint density at radius 3 is 2.68 bits per heavy atom. The van der Waals surface area contributed by atoms with Crippen LogP contribution in [0.15, 0.2) is 59.1 Å². The van der Waals surface area contributed by atoms with Gasteiger partial charge in [0, 0.05) is 55.3 Å². The van der Waals surface area contributed by atoms with Gasteiger partial charge >= 0.3 is 0 Å². The maximum atomic E-state index is 8.88. The Bertz CT molecular complexity index is 2170. The second-order valence-electron chi connectivity index (χ2n) is 8.74. The smallest absolute Gasteiger partial charge is 0.227 e. The zero-order valence-corrected chi connectivity index (χ0v) is 18.5. The molecule has 0 saturated carbocycles. The number of hydrogen-bond acceptors (Lipinski definition) is 2. The van der Waals surface area contributed by atoms with Crippen molar-refractivity contribution in [2.45, 2.75) is 52.5 Å². The van der Waals surface area contributed by atoms with Crippen LogP contribution in [0.1, 0.15) is 83.2 Å². The predicted molar refractivity (Wildman–Crippen MR) is 139 cm³/mol. The van der Waals surface area contributed by atoms with Crippen LogP contribution < -0.4 is 4.57 Å². The molecule has 170 valence electrons. The van der Waals surface area contributed by atoms with Crippen molar-refractivity contribution in [3.8, 4) is 22.4 Å². The van der Waals surface area contributed by atoms with E-state index in [4.69, 9.17) is 26.3 Å². The van der Waals surface area contributed by atoms with Crippen molar-refractivity contribution in [3.05, 3.63) is 82.7 Å². The highest BCUT2D eigenvalue weighted by Gasteiger charge is 2.37. The Balaban J connectivity index is 1.73. The van der Waals surface area contributed by atoms with Gasteiger partial charge in [-0.3, -0.25) is 0 Å². The number of nitrogens with zero attached hydrogens (tertiary/aromatic N) is 2. The summed E-state index contributed by atoms with van der Waals surface area (Å²) in [6.45, 7) is -14.4. The summed E-state index contributed by atoms with van der Waals surface area (Å²) in [5.41, 5.74) is -2.23. The van der Waals surface area contributed by atoms with E-state index in [-0.39, 0.29) is 28.2 Å². The second-order valence-corrected chi connectivity index (χ2v) is 8.74. The van der Waals surface area contributed by atoms with Gasteiger partial charge in [0.1, 0.15) is 7.05 Å². The lowest BCUT2D eigenvalue weighted by Crippen LogP contribution is -2.32. The lowest BCUT2D eigenvalue weighted by atomic mass is 9.85. The molecule has 5 aromatic rings. The third-order valence-corrected chi connectivity index (χ3v) is 6.62. The summed E-state index contributed by atoms with van der Waals surface area (Å²) < 4.78 is 140. The van der Waals surface area contributed by atoms with Crippen LogP contribution in [0.4, 0.5) is 0 Å². The highest BCUT2D eigenvalue weighted by atomic mass is 16.3. The number of hydrogen-bond donors (Lipinski definition) is 0. The van der Waals surface area contributed by atoms with Crippen LogP contribution in [-0.4, -0.2) is 4.98 Å². The lowest BCUT2D eigenvalue weighted by molar-refractivity contribution is -0.660. The topological polar surface area (TPSA) is 29.9 Å². The highest BCUT2D eigenvalue weighted by molar-refractivity contribution is 6.10. The van der Waals surface area contributed by atoms with Gasteiger partial charge in [0.15, 0.2) is 11.8 Å². The molecule has 6 rings (SSSR count). The molecule has 0 spiro atoms. The minimum Gasteiger partial charge on any atom is -0.437 e. The summed E-state index contributed by atoms with van der Waals surface area (Å²) in [7, 11) is 1.48. The molecule has 0 unspecified atom stereocenters. The SMILES string of the molecule is [2H]C([2H])([2H])c1c[n+](C)c(-c2c(C)ccc3c2oc2nc4c(cc23)-c2ccccc2C4(C([2H])([2H])[2H])C([2H])([2H])[2H])cc1C([2H])(C([2H])([2H])[2H])C([2H])([2H])[2H]. The first-order valence-corrected chi connectivity index (χ1v) is 10.7. The molecule has 3 heterocycles. The van der Waals surface area contributed by atoms with Gasteiger partial charge in [-0.15, -0.1) is 0 Å². The average molecular weight is 464 g/mol. The Kier molecular flexibility index (Phi) is 2.07. The number of benzene rings is 2. The fourth-order valence-corrected chi connectivity index (χ4v) is 4.95. The minimum absolute atomic E-state index is 0.0851. The summed E-state index contributed by atoms with van der Waals surface area (Å²) in [5.74, 6) is -3.34. The molecule has 0 atom stereocenters. The van der Waals surface area contributed by atoms with Crippen molar-refractivity contribution in [2.24, 2.45) is 7.05 Å². The van der Waals surface area contributed by atoms with Gasteiger partial charge < -0.3 is 4.42 Å². The summed E-state index contributed by atoms with van der Waals surface area (Å²) in [6.07, 6.45) is 1.09. The van der Waals surface area contributed by atoms with E-state index >= 15 is 0 Å². The van der Waals surface area contributed by atoms with E-state index in [1.165, 1.54) is 17.7 Å². The number of furan rings is 1. The Labute approximate surface area is 223 Å². The molecule has 1 aliphatic carbocycles. The summed E-state index contributed by atoms with van der Waals surface area (Å²) in [4.78, 5) is 4.60. The van der Waals surface area contributed by atoms with Crippen LogP contribution in [0, 0.1) is 13.8 Å². The molecule has 0 saturated heterocycles. The van der Waals surface area contributed by atoms with Gasteiger partial charge in [0.05, 0.1) is 11.3 Å². The van der Waals surface area contributed by atoms with Crippen LogP contribution in [0.25, 0.3) is 44.5 Å². The largest absolute Gasteiger partial charge is 0.437 e. The molecular weight excluding hydrogens is 416 g/mol. The molecule has 1 aliphatic rings. The van der Waals surface area contributed by atoms with Crippen molar-refractivity contribution < 1.29 is 30.9 Å². The standard InChI is InChI=1S/C31H31N2O/c1-17(2)22-15-26(33(7)16-19(22)4)27-18(3)12-13-21-24-14-23-20-10-8-9-11-25(20)31(5,6)29(23)32-30(24)34-28(21)27/h8-17H,1-7H3/q+1/i1D3,2D3,4D3,5D3,6D3,17D. The van der Waals surface area contributed by atoms with E-state index in [2.05, 4.69) is 4.98 Å². The van der Waals surface area contributed by atoms with Crippen LogP contribution in [-0.2, 0) is 12.5 Å². The van der Waals surface area contributed by atoms with Crippen LogP contribution in [0.5, 0.6) is 0 Å². The Hall–Kier alpha value is -3.46. The van der Waals surface area contributed by atoms with Gasteiger partial charge in [0.2, 0.25) is 11.4 Å². The van der Waals surface area contributed by atoms with Crippen LogP contribution in [0.2, 0.25) is 0 Å². The summed E-state index contributed by atoms with van der Waals surface area (Å²) >= 11 is 0. The van der Waals surface area contributed by atoms with E-state index in [1.54, 1.807) is 43.3 Å². The Morgan fingerprint density at radius 2 is 1.88 bits per heavy atom. The molecule has 2 aromatic carbocycles. The van der Waals surface area contributed by atoms with Crippen molar-refractivity contribution >= 4 is 22.1 Å². The van der Waals surface area contributed by atoms with E-state index in [9.17, 15) is 0 Å². The van der Waals surface area contributed by atoms with E-state index in [0.717, 1.165) is 12.3 Å². The van der Waals surface area contributed by atoms with E-state index in [0.29, 0.717) is 33.0 Å². The Morgan fingerprint density at radius 1 is 1.03 bits per heavy atom. The number of pyridine rings is 2. The van der Waals surface area contributed by atoms with Crippen molar-refractivity contribution in [1.82, 2.24) is 4.98 Å². The normalized spacial score (nSPS) is 23.4. The molecule has 3 nitrogen and oxygen atoms in total. The summed E-state index contributed by atoms with van der Waals surface area (Å²) in [5, 5.41) is 0.863. The van der Waals surface area contributed by atoms with Gasteiger partial charge in [-0.1, -0.05) is 63.8 Å². The fourth-order valence-electron chi connectivity index (χ4n) is 4.95. The molecule has 0 aliphatic heterocycles. The predicted octanol–water partition coefficient (Wildman–Crippen LogP) is 7.52. The molecule has 0 radical (unpaired) electrons. The summed E-state index contributed by atoms with van der Waals surface area (Å²) in [6, 6.07) is 12.5. The van der Waals surface area contributed by atoms with Gasteiger partial charge in [-0.2, -0.15) is 0 Å². The van der Waals surface area contributed by atoms with E-state index < -0.39 is 56.7 Å². The van der Waals surface area contributed by atoms with E-state index in [1.807, 2.05) is 0 Å². The average Bonchev–Trinajstić information content (AvgIpc) is 3.46. The number of aryl methyl sites for hydroxylation is 3. The monoisotopic (exact) mass is 463 g/mol. The first kappa shape index (κ1) is 10.0. The lowest BCUT2D eigenvalue weighted by Gasteiger charge is -2.19. The molecule has 0 N–H and O–H groups in total. The molecule has 0 bridgehead atoms. The maximum Gasteiger partial charge on any atom is 0.227 e. The number of rotatable bonds is 2. The van der Waals surface area contributed by atoms with Crippen LogP contribution in [0.3, 0.4) is 0 Å².